The molecule has 0 saturated carbocycles. The quantitative estimate of drug-likeness (QED) is 0.424. The highest BCUT2D eigenvalue weighted by Gasteiger charge is 2.30. The number of carbonyl (C=O) groups excluding carboxylic acids is 2. The van der Waals surface area contributed by atoms with Gasteiger partial charge in [-0.2, -0.15) is 0 Å². The summed E-state index contributed by atoms with van der Waals surface area (Å²) in [5, 5.41) is 0. The molecule has 1 aromatic heterocycles. The average molecular weight is 435 g/mol. The van der Waals surface area contributed by atoms with Gasteiger partial charge in [-0.1, -0.05) is 67.6 Å². The zero-order chi connectivity index (χ0) is 22.8. The summed E-state index contributed by atoms with van der Waals surface area (Å²) in [6.07, 6.45) is 4.86. The number of rotatable bonds is 11. The van der Waals surface area contributed by atoms with Crippen molar-refractivity contribution in [1.29, 1.82) is 0 Å². The Morgan fingerprint density at radius 2 is 1.62 bits per heavy atom. The Balaban J connectivity index is 1.66. The fourth-order valence-corrected chi connectivity index (χ4v) is 3.71. The van der Waals surface area contributed by atoms with Crippen molar-refractivity contribution in [2.75, 3.05) is 6.61 Å². The highest BCUT2D eigenvalue weighted by Crippen LogP contribution is 2.24. The second kappa shape index (κ2) is 11.8. The number of esters is 2. The summed E-state index contributed by atoms with van der Waals surface area (Å²) in [5.74, 6) is -1.18. The minimum Gasteiger partial charge on any atom is -0.465 e. The smallest absolute Gasteiger partial charge is 0.310 e. The topological polar surface area (TPSA) is 70.4 Å². The average Bonchev–Trinajstić information content (AvgIpc) is 3.22. The minimum absolute atomic E-state index is 0.149. The molecule has 168 valence electrons. The second-order valence-corrected chi connectivity index (χ2v) is 7.91. The van der Waals surface area contributed by atoms with Crippen LogP contribution in [0.2, 0.25) is 0 Å². The van der Waals surface area contributed by atoms with Crippen molar-refractivity contribution >= 4 is 11.9 Å². The first-order chi connectivity index (χ1) is 15.6. The monoisotopic (exact) mass is 434 g/mol. The van der Waals surface area contributed by atoms with Crippen LogP contribution in [0.15, 0.2) is 73.2 Å². The first kappa shape index (κ1) is 23.3. The first-order valence-corrected chi connectivity index (χ1v) is 10.9. The molecule has 1 heterocycles. The van der Waals surface area contributed by atoms with Crippen LogP contribution in [0.25, 0.3) is 0 Å². The van der Waals surface area contributed by atoms with Gasteiger partial charge in [0.15, 0.2) is 0 Å². The van der Waals surface area contributed by atoms with Gasteiger partial charge in [-0.3, -0.25) is 9.59 Å². The van der Waals surface area contributed by atoms with Crippen LogP contribution in [0.3, 0.4) is 0 Å². The number of carbonyl (C=O) groups is 2. The van der Waals surface area contributed by atoms with E-state index in [9.17, 15) is 9.59 Å². The molecule has 0 N–H and O–H groups in total. The summed E-state index contributed by atoms with van der Waals surface area (Å²) in [5.41, 5.74) is 2.81. The Morgan fingerprint density at radius 1 is 0.969 bits per heavy atom. The Labute approximate surface area is 189 Å². The predicted molar refractivity (Wildman–Crippen MR) is 122 cm³/mol. The van der Waals surface area contributed by atoms with Gasteiger partial charge in [0.1, 0.15) is 6.61 Å². The van der Waals surface area contributed by atoms with E-state index in [-0.39, 0.29) is 37.5 Å². The third kappa shape index (κ3) is 6.80. The molecule has 0 aliphatic rings. The summed E-state index contributed by atoms with van der Waals surface area (Å²) >= 11 is 0. The van der Waals surface area contributed by atoms with Crippen LogP contribution in [0.4, 0.5) is 0 Å². The SMILES string of the molecule is CCC(C(=O)OCc1ccccc1)C(COC(=O)Cc1ccccc1)Cc1cncn1C. The van der Waals surface area contributed by atoms with E-state index >= 15 is 0 Å². The zero-order valence-corrected chi connectivity index (χ0v) is 18.6. The van der Waals surface area contributed by atoms with E-state index in [0.29, 0.717) is 12.8 Å². The molecule has 3 aromatic rings. The molecule has 2 unspecified atom stereocenters. The van der Waals surface area contributed by atoms with E-state index in [2.05, 4.69) is 4.98 Å². The van der Waals surface area contributed by atoms with Crippen molar-refractivity contribution in [3.8, 4) is 0 Å². The van der Waals surface area contributed by atoms with Crippen molar-refractivity contribution in [2.24, 2.45) is 18.9 Å². The maximum absolute atomic E-state index is 13.0. The molecule has 2 atom stereocenters. The van der Waals surface area contributed by atoms with Crippen LogP contribution in [-0.4, -0.2) is 28.1 Å². The van der Waals surface area contributed by atoms with Crippen LogP contribution in [0.5, 0.6) is 0 Å². The fourth-order valence-electron chi connectivity index (χ4n) is 3.71. The third-order valence-corrected chi connectivity index (χ3v) is 5.57. The molecule has 2 aromatic carbocycles. The standard InChI is InChI=1S/C26H30N2O4/c1-3-24(26(30)32-17-21-12-8-5-9-13-21)22(15-23-16-27-19-28(23)2)18-31-25(29)14-20-10-6-4-7-11-20/h4-13,16,19,22,24H,3,14-15,17-18H2,1-2H3. The number of ether oxygens (including phenoxy) is 2. The molecule has 0 amide bonds. The Hall–Kier alpha value is -3.41. The van der Waals surface area contributed by atoms with Crippen LogP contribution in [-0.2, 0) is 45.6 Å². The number of hydrogen-bond acceptors (Lipinski definition) is 5. The fraction of sp³-hybridized carbons (Fsp3) is 0.346. The van der Waals surface area contributed by atoms with Crippen molar-refractivity contribution in [3.63, 3.8) is 0 Å². The van der Waals surface area contributed by atoms with Gasteiger partial charge in [0.05, 0.1) is 25.3 Å². The van der Waals surface area contributed by atoms with Gasteiger partial charge in [0, 0.05) is 24.9 Å². The number of hydrogen-bond donors (Lipinski definition) is 0. The van der Waals surface area contributed by atoms with Crippen molar-refractivity contribution < 1.29 is 19.1 Å². The zero-order valence-electron chi connectivity index (χ0n) is 18.6. The third-order valence-electron chi connectivity index (χ3n) is 5.57. The van der Waals surface area contributed by atoms with Crippen LogP contribution in [0, 0.1) is 11.8 Å². The van der Waals surface area contributed by atoms with Crippen molar-refractivity contribution in [3.05, 3.63) is 90.0 Å². The molecule has 0 spiro atoms. The minimum atomic E-state index is -0.391. The van der Waals surface area contributed by atoms with Gasteiger partial charge in [-0.05, 0) is 24.0 Å². The predicted octanol–water partition coefficient (Wildman–Crippen LogP) is 4.13. The maximum atomic E-state index is 13.0. The van der Waals surface area contributed by atoms with Crippen LogP contribution >= 0.6 is 0 Å². The lowest BCUT2D eigenvalue weighted by Gasteiger charge is -2.25. The van der Waals surface area contributed by atoms with Gasteiger partial charge in [0.25, 0.3) is 0 Å². The molecular weight excluding hydrogens is 404 g/mol. The number of benzene rings is 2. The van der Waals surface area contributed by atoms with Crippen molar-refractivity contribution in [1.82, 2.24) is 9.55 Å². The van der Waals surface area contributed by atoms with E-state index in [1.165, 1.54) is 0 Å². The maximum Gasteiger partial charge on any atom is 0.310 e. The molecule has 3 rings (SSSR count). The summed E-state index contributed by atoms with van der Waals surface area (Å²) < 4.78 is 13.1. The van der Waals surface area contributed by atoms with Gasteiger partial charge >= 0.3 is 11.9 Å². The number of imidazole rings is 1. The highest BCUT2D eigenvalue weighted by molar-refractivity contribution is 5.74. The van der Waals surface area contributed by atoms with E-state index in [1.807, 2.05) is 79.2 Å². The molecule has 0 radical (unpaired) electrons. The normalized spacial score (nSPS) is 12.7. The molecule has 0 saturated heterocycles. The summed E-state index contributed by atoms with van der Waals surface area (Å²) in [6.45, 7) is 2.33. The lowest BCUT2D eigenvalue weighted by Crippen LogP contribution is -2.31. The Morgan fingerprint density at radius 3 is 2.22 bits per heavy atom. The molecule has 6 heteroatoms. The largest absolute Gasteiger partial charge is 0.465 e. The van der Waals surface area contributed by atoms with E-state index in [4.69, 9.17) is 9.47 Å². The first-order valence-electron chi connectivity index (χ1n) is 10.9. The lowest BCUT2D eigenvalue weighted by atomic mass is 9.87. The molecule has 0 fully saturated rings. The van der Waals surface area contributed by atoms with Crippen LogP contribution in [0.1, 0.15) is 30.2 Å². The van der Waals surface area contributed by atoms with E-state index in [1.54, 1.807) is 12.5 Å². The summed E-state index contributed by atoms with van der Waals surface area (Å²) in [7, 11) is 1.91. The number of aryl methyl sites for hydroxylation is 1. The van der Waals surface area contributed by atoms with E-state index in [0.717, 1.165) is 16.8 Å². The number of aromatic nitrogens is 2. The molecule has 0 aliphatic carbocycles. The Kier molecular flexibility index (Phi) is 8.61. The van der Waals surface area contributed by atoms with Gasteiger partial charge < -0.3 is 14.0 Å². The highest BCUT2D eigenvalue weighted by atomic mass is 16.5. The summed E-state index contributed by atoms with van der Waals surface area (Å²) in [6, 6.07) is 19.1. The molecule has 0 aliphatic heterocycles. The van der Waals surface area contributed by atoms with Crippen molar-refractivity contribution in [2.45, 2.75) is 32.8 Å². The molecule has 0 bridgehead atoms. The van der Waals surface area contributed by atoms with Crippen LogP contribution < -0.4 is 0 Å². The van der Waals surface area contributed by atoms with E-state index < -0.39 is 5.92 Å². The Bertz CT molecular complexity index is 985. The molecule has 32 heavy (non-hydrogen) atoms. The lowest BCUT2D eigenvalue weighted by molar-refractivity contribution is -0.156. The van der Waals surface area contributed by atoms with Gasteiger partial charge in [-0.15, -0.1) is 0 Å². The summed E-state index contributed by atoms with van der Waals surface area (Å²) in [4.78, 5) is 29.5. The van der Waals surface area contributed by atoms with Gasteiger partial charge in [0.2, 0.25) is 0 Å². The molecule has 6 nitrogen and oxygen atoms in total. The van der Waals surface area contributed by atoms with Gasteiger partial charge in [-0.25, -0.2) is 4.98 Å². The number of nitrogens with zero attached hydrogens (tertiary/aromatic N) is 2. The second-order valence-electron chi connectivity index (χ2n) is 7.91. The molecular formula is C26H30N2O4.